The van der Waals surface area contributed by atoms with Gasteiger partial charge in [-0.1, -0.05) is 13.0 Å². The highest BCUT2D eigenvalue weighted by Crippen LogP contribution is 2.11. The van der Waals surface area contributed by atoms with E-state index in [0.29, 0.717) is 6.42 Å². The van der Waals surface area contributed by atoms with Crippen LogP contribution in [0.3, 0.4) is 0 Å². The lowest BCUT2D eigenvalue weighted by Gasteiger charge is -2.05. The molecule has 1 heterocycles. The molecule has 0 aliphatic heterocycles. The summed E-state index contributed by atoms with van der Waals surface area (Å²) in [5, 5.41) is 8.26. The van der Waals surface area contributed by atoms with Gasteiger partial charge >= 0.3 is 0 Å². The van der Waals surface area contributed by atoms with Crippen molar-refractivity contribution in [1.29, 1.82) is 0 Å². The van der Waals surface area contributed by atoms with Gasteiger partial charge in [-0.25, -0.2) is 0 Å². The van der Waals surface area contributed by atoms with Gasteiger partial charge in [0.05, 0.1) is 0 Å². The summed E-state index contributed by atoms with van der Waals surface area (Å²) in [6, 6.07) is 4.18. The van der Waals surface area contributed by atoms with Crippen molar-refractivity contribution in [3.05, 3.63) is 22.4 Å². The Hall–Kier alpha value is -0.580. The Morgan fingerprint density at radius 3 is 2.83 bits per heavy atom. The van der Waals surface area contributed by atoms with Gasteiger partial charge in [-0.3, -0.25) is 4.79 Å². The van der Waals surface area contributed by atoms with Crippen LogP contribution in [0.25, 0.3) is 0 Å². The zero-order valence-corrected chi connectivity index (χ0v) is 12.5. The van der Waals surface area contributed by atoms with Gasteiger partial charge in [0.15, 0.2) is 0 Å². The molecule has 0 spiro atoms. The van der Waals surface area contributed by atoms with Crippen LogP contribution in [-0.4, -0.2) is 25.5 Å². The highest BCUT2D eigenvalue weighted by Gasteiger charge is 2.01. The molecule has 0 aromatic carbocycles. The number of hydrogen-bond acceptors (Lipinski definition) is 3. The Labute approximate surface area is 120 Å². The molecule has 5 heteroatoms. The standard InChI is InChI=1S/C13H22N2OS.ClH/c1-2-8-14-9-10-15-13(16)7-3-5-12-6-4-11-17-12;/h4,6,11,14H,2-3,5,7-10H2,1H3,(H,15,16);1H. The van der Waals surface area contributed by atoms with Crippen molar-refractivity contribution in [1.82, 2.24) is 10.6 Å². The maximum atomic E-state index is 11.5. The van der Waals surface area contributed by atoms with Crippen molar-refractivity contribution in [3.8, 4) is 0 Å². The second-order valence-electron chi connectivity index (χ2n) is 4.03. The Morgan fingerprint density at radius 2 is 2.17 bits per heavy atom. The summed E-state index contributed by atoms with van der Waals surface area (Å²) in [7, 11) is 0. The van der Waals surface area contributed by atoms with Crippen molar-refractivity contribution >= 4 is 29.7 Å². The lowest BCUT2D eigenvalue weighted by atomic mass is 10.2. The summed E-state index contributed by atoms with van der Waals surface area (Å²) in [6.45, 7) is 4.76. The third-order valence-corrected chi connectivity index (χ3v) is 3.39. The van der Waals surface area contributed by atoms with Gasteiger partial charge in [-0.15, -0.1) is 23.7 Å². The quantitative estimate of drug-likeness (QED) is 0.687. The van der Waals surface area contributed by atoms with Crippen LogP contribution in [0, 0.1) is 0 Å². The minimum Gasteiger partial charge on any atom is -0.355 e. The minimum absolute atomic E-state index is 0. The van der Waals surface area contributed by atoms with E-state index in [9.17, 15) is 4.79 Å². The van der Waals surface area contributed by atoms with E-state index in [1.807, 2.05) is 0 Å². The molecule has 1 rings (SSSR count). The van der Waals surface area contributed by atoms with Gasteiger partial charge in [-0.05, 0) is 37.3 Å². The van der Waals surface area contributed by atoms with E-state index in [0.717, 1.165) is 38.9 Å². The topological polar surface area (TPSA) is 41.1 Å². The average molecular weight is 291 g/mol. The normalized spacial score (nSPS) is 9.83. The smallest absolute Gasteiger partial charge is 0.220 e. The predicted octanol–water partition coefficient (Wildman–Crippen LogP) is 2.61. The number of halogens is 1. The fraction of sp³-hybridized carbons (Fsp3) is 0.615. The molecule has 0 radical (unpaired) electrons. The number of thiophene rings is 1. The van der Waals surface area contributed by atoms with Crippen LogP contribution < -0.4 is 10.6 Å². The number of nitrogens with one attached hydrogen (secondary N) is 2. The maximum absolute atomic E-state index is 11.5. The highest BCUT2D eigenvalue weighted by atomic mass is 35.5. The lowest BCUT2D eigenvalue weighted by molar-refractivity contribution is -0.121. The van der Waals surface area contributed by atoms with Crippen LogP contribution in [0.15, 0.2) is 17.5 Å². The molecular weight excluding hydrogens is 268 g/mol. The van der Waals surface area contributed by atoms with Crippen LogP contribution in [-0.2, 0) is 11.2 Å². The molecule has 2 N–H and O–H groups in total. The SMILES string of the molecule is CCCNCCNC(=O)CCCc1cccs1.Cl. The molecule has 0 fully saturated rings. The highest BCUT2D eigenvalue weighted by molar-refractivity contribution is 7.09. The molecule has 0 bridgehead atoms. The van der Waals surface area contributed by atoms with Crippen LogP contribution >= 0.6 is 23.7 Å². The average Bonchev–Trinajstić information content (AvgIpc) is 2.82. The Bertz CT molecular complexity index is 304. The maximum Gasteiger partial charge on any atom is 0.220 e. The van der Waals surface area contributed by atoms with Crippen LogP contribution in [0.1, 0.15) is 31.1 Å². The molecule has 3 nitrogen and oxygen atoms in total. The van der Waals surface area contributed by atoms with Gasteiger partial charge in [0.1, 0.15) is 0 Å². The Morgan fingerprint density at radius 1 is 1.33 bits per heavy atom. The van der Waals surface area contributed by atoms with Crippen molar-refractivity contribution < 1.29 is 4.79 Å². The fourth-order valence-electron chi connectivity index (χ4n) is 1.56. The van der Waals surface area contributed by atoms with E-state index in [4.69, 9.17) is 0 Å². The summed E-state index contributed by atoms with van der Waals surface area (Å²) in [5.41, 5.74) is 0. The third-order valence-electron chi connectivity index (χ3n) is 2.46. The molecule has 104 valence electrons. The molecule has 0 unspecified atom stereocenters. The number of aryl methyl sites for hydroxylation is 1. The van der Waals surface area contributed by atoms with Gasteiger partial charge in [0.2, 0.25) is 5.91 Å². The first-order chi connectivity index (χ1) is 8.33. The van der Waals surface area contributed by atoms with Gasteiger partial charge < -0.3 is 10.6 Å². The molecule has 1 aromatic rings. The van der Waals surface area contributed by atoms with E-state index in [2.05, 4.69) is 35.1 Å². The minimum atomic E-state index is 0. The van der Waals surface area contributed by atoms with E-state index in [1.165, 1.54) is 4.88 Å². The van der Waals surface area contributed by atoms with Crippen LogP contribution in [0.2, 0.25) is 0 Å². The number of carbonyl (C=O) groups is 1. The zero-order valence-electron chi connectivity index (χ0n) is 10.9. The summed E-state index contributed by atoms with van der Waals surface area (Å²) in [5.74, 6) is 0.167. The molecule has 0 saturated heterocycles. The first kappa shape index (κ1) is 17.4. The molecule has 0 aliphatic rings. The van der Waals surface area contributed by atoms with E-state index < -0.39 is 0 Å². The molecular formula is C13H23ClN2OS. The number of carbonyl (C=O) groups excluding carboxylic acids is 1. The van der Waals surface area contributed by atoms with Crippen molar-refractivity contribution in [3.63, 3.8) is 0 Å². The number of amides is 1. The molecule has 1 aromatic heterocycles. The largest absolute Gasteiger partial charge is 0.355 e. The predicted molar refractivity (Wildman–Crippen MR) is 80.7 cm³/mol. The molecule has 0 saturated carbocycles. The van der Waals surface area contributed by atoms with Gasteiger partial charge in [0.25, 0.3) is 0 Å². The fourth-order valence-corrected chi connectivity index (χ4v) is 2.31. The second-order valence-corrected chi connectivity index (χ2v) is 5.07. The summed E-state index contributed by atoms with van der Waals surface area (Å²) in [6.07, 6.45) is 3.72. The first-order valence-corrected chi connectivity index (χ1v) is 7.20. The molecule has 1 amide bonds. The third kappa shape index (κ3) is 8.50. The van der Waals surface area contributed by atoms with Gasteiger partial charge in [0, 0.05) is 24.4 Å². The second kappa shape index (κ2) is 11.5. The Balaban J connectivity index is 0.00000289. The Kier molecular flexibility index (Phi) is 11.1. The van der Waals surface area contributed by atoms with E-state index in [-0.39, 0.29) is 18.3 Å². The summed E-state index contributed by atoms with van der Waals surface area (Å²) >= 11 is 1.76. The monoisotopic (exact) mass is 290 g/mol. The number of hydrogen-bond donors (Lipinski definition) is 2. The van der Waals surface area contributed by atoms with Crippen LogP contribution in [0.5, 0.6) is 0 Å². The lowest BCUT2D eigenvalue weighted by Crippen LogP contribution is -2.31. The van der Waals surface area contributed by atoms with Gasteiger partial charge in [-0.2, -0.15) is 0 Å². The molecule has 0 atom stereocenters. The van der Waals surface area contributed by atoms with Crippen molar-refractivity contribution in [2.45, 2.75) is 32.6 Å². The number of rotatable bonds is 9. The zero-order chi connectivity index (χ0) is 12.3. The summed E-state index contributed by atoms with van der Waals surface area (Å²) < 4.78 is 0. The van der Waals surface area contributed by atoms with E-state index >= 15 is 0 Å². The van der Waals surface area contributed by atoms with Crippen molar-refractivity contribution in [2.75, 3.05) is 19.6 Å². The summed E-state index contributed by atoms with van der Waals surface area (Å²) in [4.78, 5) is 12.8. The van der Waals surface area contributed by atoms with E-state index in [1.54, 1.807) is 11.3 Å². The molecule has 0 aliphatic carbocycles. The van der Waals surface area contributed by atoms with Crippen LogP contribution in [0.4, 0.5) is 0 Å². The van der Waals surface area contributed by atoms with Crippen molar-refractivity contribution in [2.24, 2.45) is 0 Å². The molecule has 18 heavy (non-hydrogen) atoms. The first-order valence-electron chi connectivity index (χ1n) is 6.32.